The number of hydrogen-bond acceptors (Lipinski definition) is 5. The van der Waals surface area contributed by atoms with Crippen LogP contribution in [0.2, 0.25) is 0 Å². The molecule has 1 aliphatic heterocycles. The van der Waals surface area contributed by atoms with Crippen molar-refractivity contribution >= 4 is 17.5 Å². The Bertz CT molecular complexity index is 923. The van der Waals surface area contributed by atoms with E-state index in [1.165, 1.54) is 0 Å². The predicted octanol–water partition coefficient (Wildman–Crippen LogP) is 1.96. The van der Waals surface area contributed by atoms with Crippen molar-refractivity contribution in [2.45, 2.75) is 19.9 Å². The summed E-state index contributed by atoms with van der Waals surface area (Å²) < 4.78 is 0. The van der Waals surface area contributed by atoms with Crippen LogP contribution in [-0.4, -0.2) is 68.2 Å². The second-order valence-corrected chi connectivity index (χ2v) is 8.09. The number of benzene rings is 2. The quantitative estimate of drug-likeness (QED) is 0.633. The number of aryl methyl sites for hydroxylation is 1. The second-order valence-electron chi connectivity index (χ2n) is 8.09. The van der Waals surface area contributed by atoms with E-state index in [0.717, 1.165) is 43.0 Å². The summed E-state index contributed by atoms with van der Waals surface area (Å²) in [5.74, 6) is -0.374. The number of carbonyl (C=O) groups is 2. The van der Waals surface area contributed by atoms with Gasteiger partial charge in [0, 0.05) is 49.5 Å². The van der Waals surface area contributed by atoms with Gasteiger partial charge in [-0.15, -0.1) is 0 Å². The van der Waals surface area contributed by atoms with E-state index >= 15 is 0 Å². The molecule has 0 aliphatic carbocycles. The Labute approximate surface area is 184 Å². The lowest BCUT2D eigenvalue weighted by atomic mass is 10.0. The molecule has 0 bridgehead atoms. The van der Waals surface area contributed by atoms with Gasteiger partial charge in [0.25, 0.3) is 11.8 Å². The Morgan fingerprint density at radius 2 is 1.81 bits per heavy atom. The molecule has 166 valence electrons. The predicted molar refractivity (Wildman–Crippen MR) is 123 cm³/mol. The number of aliphatic hydroxyl groups is 1. The van der Waals surface area contributed by atoms with Crippen molar-refractivity contribution in [2.75, 3.05) is 51.3 Å². The van der Waals surface area contributed by atoms with Crippen LogP contribution in [0.15, 0.2) is 42.5 Å². The number of rotatable bonds is 7. The Morgan fingerprint density at radius 3 is 2.52 bits per heavy atom. The minimum absolute atomic E-state index is 0.107. The minimum Gasteiger partial charge on any atom is -0.395 e. The summed E-state index contributed by atoms with van der Waals surface area (Å²) in [6, 6.07) is 13.0. The number of nitrogens with zero attached hydrogens (tertiary/aromatic N) is 2. The highest BCUT2D eigenvalue weighted by atomic mass is 16.3. The molecule has 3 N–H and O–H groups in total. The van der Waals surface area contributed by atoms with Crippen LogP contribution in [0.1, 0.15) is 44.8 Å². The van der Waals surface area contributed by atoms with Gasteiger partial charge < -0.3 is 25.5 Å². The van der Waals surface area contributed by atoms with Gasteiger partial charge in [0.1, 0.15) is 0 Å². The van der Waals surface area contributed by atoms with E-state index in [0.29, 0.717) is 11.1 Å². The lowest BCUT2D eigenvalue weighted by Gasteiger charge is -2.34. The highest BCUT2D eigenvalue weighted by Crippen LogP contribution is 2.22. The van der Waals surface area contributed by atoms with Crippen LogP contribution in [0.4, 0.5) is 5.69 Å². The van der Waals surface area contributed by atoms with E-state index in [1.807, 2.05) is 32.0 Å². The maximum absolute atomic E-state index is 13.1. The zero-order valence-electron chi connectivity index (χ0n) is 18.5. The monoisotopic (exact) mass is 424 g/mol. The maximum Gasteiger partial charge on any atom is 0.252 e. The molecule has 1 heterocycles. The van der Waals surface area contributed by atoms with Gasteiger partial charge in [0.05, 0.1) is 12.6 Å². The summed E-state index contributed by atoms with van der Waals surface area (Å²) in [6.45, 7) is 7.86. The molecule has 0 unspecified atom stereocenters. The number of aliphatic hydroxyl groups excluding tert-OH is 1. The van der Waals surface area contributed by atoms with Crippen molar-refractivity contribution in [2.24, 2.45) is 0 Å². The average Bonchev–Trinajstić information content (AvgIpc) is 2.78. The molecule has 31 heavy (non-hydrogen) atoms. The van der Waals surface area contributed by atoms with Crippen LogP contribution < -0.4 is 15.5 Å². The molecule has 7 nitrogen and oxygen atoms in total. The average molecular weight is 425 g/mol. The van der Waals surface area contributed by atoms with E-state index in [2.05, 4.69) is 33.5 Å². The lowest BCUT2D eigenvalue weighted by Crippen LogP contribution is -2.44. The van der Waals surface area contributed by atoms with Crippen LogP contribution in [-0.2, 0) is 0 Å². The summed E-state index contributed by atoms with van der Waals surface area (Å²) >= 11 is 0. The third-order valence-corrected chi connectivity index (χ3v) is 5.73. The van der Waals surface area contributed by atoms with Gasteiger partial charge in [-0.1, -0.05) is 18.2 Å². The van der Waals surface area contributed by atoms with Crippen molar-refractivity contribution in [3.63, 3.8) is 0 Å². The Morgan fingerprint density at radius 1 is 1.06 bits per heavy atom. The zero-order chi connectivity index (χ0) is 22.4. The first kappa shape index (κ1) is 22.8. The summed E-state index contributed by atoms with van der Waals surface area (Å²) in [5, 5.41) is 14.6. The summed E-state index contributed by atoms with van der Waals surface area (Å²) in [5.41, 5.74) is 4.01. The van der Waals surface area contributed by atoms with E-state index in [4.69, 9.17) is 5.11 Å². The Hall–Kier alpha value is -2.90. The number of likely N-dealkylation sites (N-methyl/N-ethyl adjacent to an activating group) is 1. The SMILES string of the molecule is Cc1ccc(N2CCN(C)CC2)cc1C(=O)N[C@H](C)c1cccc(C(=O)NCCO)c1. The lowest BCUT2D eigenvalue weighted by molar-refractivity contribution is 0.0936. The fourth-order valence-electron chi connectivity index (χ4n) is 3.69. The molecule has 1 fully saturated rings. The normalized spacial score (nSPS) is 15.4. The molecule has 3 rings (SSSR count). The molecule has 0 spiro atoms. The zero-order valence-corrected chi connectivity index (χ0v) is 18.5. The highest BCUT2D eigenvalue weighted by Gasteiger charge is 2.19. The van der Waals surface area contributed by atoms with Crippen molar-refractivity contribution in [1.82, 2.24) is 15.5 Å². The van der Waals surface area contributed by atoms with Crippen LogP contribution in [0.5, 0.6) is 0 Å². The van der Waals surface area contributed by atoms with Gasteiger partial charge in [-0.2, -0.15) is 0 Å². The summed E-state index contributed by atoms with van der Waals surface area (Å²) in [4.78, 5) is 29.8. The van der Waals surface area contributed by atoms with Gasteiger partial charge in [0.15, 0.2) is 0 Å². The van der Waals surface area contributed by atoms with Gasteiger partial charge in [0.2, 0.25) is 0 Å². The molecular weight excluding hydrogens is 392 g/mol. The second kappa shape index (κ2) is 10.4. The van der Waals surface area contributed by atoms with Crippen LogP contribution in [0, 0.1) is 6.92 Å². The summed E-state index contributed by atoms with van der Waals surface area (Å²) in [6.07, 6.45) is 0. The molecule has 2 aromatic carbocycles. The molecule has 2 amide bonds. The summed E-state index contributed by atoms with van der Waals surface area (Å²) in [7, 11) is 2.12. The van der Waals surface area contributed by atoms with Crippen molar-refractivity contribution in [3.05, 3.63) is 64.7 Å². The van der Waals surface area contributed by atoms with Gasteiger partial charge in [-0.05, 0) is 56.3 Å². The van der Waals surface area contributed by atoms with Gasteiger partial charge in [-0.25, -0.2) is 0 Å². The molecule has 7 heteroatoms. The fraction of sp³-hybridized carbons (Fsp3) is 0.417. The number of piperazine rings is 1. The number of carbonyl (C=O) groups excluding carboxylic acids is 2. The maximum atomic E-state index is 13.1. The molecule has 0 saturated carbocycles. The Kier molecular flexibility index (Phi) is 7.65. The van der Waals surface area contributed by atoms with E-state index < -0.39 is 0 Å². The van der Waals surface area contributed by atoms with Gasteiger partial charge >= 0.3 is 0 Å². The van der Waals surface area contributed by atoms with Gasteiger partial charge in [-0.3, -0.25) is 9.59 Å². The number of amides is 2. The molecule has 1 atom stereocenters. The Balaban J connectivity index is 1.71. The first-order chi connectivity index (χ1) is 14.9. The molecule has 2 aromatic rings. The highest BCUT2D eigenvalue weighted by molar-refractivity contribution is 5.97. The van der Waals surface area contributed by atoms with E-state index in [9.17, 15) is 9.59 Å². The van der Waals surface area contributed by atoms with Crippen LogP contribution in [0.3, 0.4) is 0 Å². The molecule has 1 aliphatic rings. The number of anilines is 1. The van der Waals surface area contributed by atoms with Crippen LogP contribution >= 0.6 is 0 Å². The molecule has 0 aromatic heterocycles. The first-order valence-corrected chi connectivity index (χ1v) is 10.7. The fourth-order valence-corrected chi connectivity index (χ4v) is 3.69. The molecule has 1 saturated heterocycles. The minimum atomic E-state index is -0.259. The third kappa shape index (κ3) is 5.83. The number of hydrogen-bond donors (Lipinski definition) is 3. The number of nitrogens with one attached hydrogen (secondary N) is 2. The topological polar surface area (TPSA) is 84.9 Å². The van der Waals surface area contributed by atoms with Crippen LogP contribution in [0.25, 0.3) is 0 Å². The first-order valence-electron chi connectivity index (χ1n) is 10.7. The van der Waals surface area contributed by atoms with Crippen molar-refractivity contribution in [3.8, 4) is 0 Å². The molecular formula is C24H32N4O3. The van der Waals surface area contributed by atoms with E-state index in [1.54, 1.807) is 18.2 Å². The third-order valence-electron chi connectivity index (χ3n) is 5.73. The van der Waals surface area contributed by atoms with Crippen molar-refractivity contribution < 1.29 is 14.7 Å². The van der Waals surface area contributed by atoms with Crippen molar-refractivity contribution in [1.29, 1.82) is 0 Å². The molecule has 0 radical (unpaired) electrons. The van der Waals surface area contributed by atoms with E-state index in [-0.39, 0.29) is 31.0 Å². The smallest absolute Gasteiger partial charge is 0.252 e. The largest absolute Gasteiger partial charge is 0.395 e. The standard InChI is InChI=1S/C24H32N4O3/c1-17-7-8-21(28-12-10-27(3)11-13-28)16-22(17)24(31)26-18(2)19-5-4-6-20(15-19)23(30)25-9-14-29/h4-8,15-16,18,29H,9-14H2,1-3H3,(H,25,30)(H,26,31)/t18-/m1/s1.